The summed E-state index contributed by atoms with van der Waals surface area (Å²) in [5, 5.41) is 20.5. The van der Waals surface area contributed by atoms with Crippen LogP contribution in [-0.4, -0.2) is 46.7 Å². The number of hydrogen-bond donors (Lipinski definition) is 1. The number of morpholine rings is 1. The maximum absolute atomic E-state index is 12.9. The molecule has 3 heterocycles. The van der Waals surface area contributed by atoms with Crippen molar-refractivity contribution in [1.29, 1.82) is 10.5 Å². The minimum Gasteiger partial charge on any atom is -0.383 e. The number of aromatic nitrogens is 2. The summed E-state index contributed by atoms with van der Waals surface area (Å²) in [5.41, 5.74) is 12.3. The van der Waals surface area contributed by atoms with Gasteiger partial charge in [0.1, 0.15) is 24.5 Å². The zero-order valence-corrected chi connectivity index (χ0v) is 19.6. The van der Waals surface area contributed by atoms with E-state index in [2.05, 4.69) is 17.1 Å². The third kappa shape index (κ3) is 3.65. The number of carbonyl (C=O) groups is 1. The molecule has 1 fully saturated rings. The zero-order chi connectivity index (χ0) is 24.7. The van der Waals surface area contributed by atoms with E-state index in [1.807, 2.05) is 59.9 Å². The van der Waals surface area contributed by atoms with Crippen molar-refractivity contribution in [2.45, 2.75) is 20.4 Å². The van der Waals surface area contributed by atoms with E-state index in [0.29, 0.717) is 48.7 Å². The second-order valence-electron chi connectivity index (χ2n) is 8.72. The van der Waals surface area contributed by atoms with Crippen molar-refractivity contribution < 1.29 is 9.53 Å². The van der Waals surface area contributed by atoms with Crippen molar-refractivity contribution in [3.63, 3.8) is 0 Å². The highest BCUT2D eigenvalue weighted by molar-refractivity contribution is 6.10. The molecule has 35 heavy (non-hydrogen) atoms. The molecule has 3 aromatic rings. The Bertz CT molecular complexity index is 1520. The second kappa shape index (κ2) is 8.75. The Labute approximate surface area is 203 Å². The molecule has 1 aliphatic heterocycles. The second-order valence-corrected chi connectivity index (χ2v) is 8.72. The first kappa shape index (κ1) is 22.4. The van der Waals surface area contributed by atoms with Gasteiger partial charge in [-0.25, -0.2) is 4.98 Å². The molecule has 0 unspecified atom stereocenters. The lowest BCUT2D eigenvalue weighted by molar-refractivity contribution is -0.135. The van der Waals surface area contributed by atoms with Gasteiger partial charge >= 0.3 is 0 Å². The van der Waals surface area contributed by atoms with Crippen molar-refractivity contribution in [3.8, 4) is 12.1 Å². The number of ether oxygens (including phenoxy) is 1. The van der Waals surface area contributed by atoms with Gasteiger partial charge in [-0.1, -0.05) is 18.2 Å². The first-order chi connectivity index (χ1) is 16.9. The molecule has 0 saturated carbocycles. The van der Waals surface area contributed by atoms with Crippen LogP contribution < -0.4 is 5.73 Å². The average molecular weight is 465 g/mol. The zero-order valence-electron chi connectivity index (χ0n) is 19.6. The van der Waals surface area contributed by atoms with Crippen LogP contribution in [0.3, 0.4) is 0 Å². The number of anilines is 1. The van der Waals surface area contributed by atoms with Gasteiger partial charge < -0.3 is 19.9 Å². The van der Waals surface area contributed by atoms with Gasteiger partial charge in [0.25, 0.3) is 0 Å². The van der Waals surface area contributed by atoms with Crippen LogP contribution in [0.2, 0.25) is 0 Å². The van der Waals surface area contributed by atoms with E-state index in [9.17, 15) is 15.3 Å². The molecule has 8 heteroatoms. The molecule has 2 N–H and O–H groups in total. The number of para-hydroxylation sites is 1. The van der Waals surface area contributed by atoms with Gasteiger partial charge in [-0.05, 0) is 42.7 Å². The maximum Gasteiger partial charge on any atom is 0.242 e. The summed E-state index contributed by atoms with van der Waals surface area (Å²) in [6.07, 6.45) is 3.99. The Balaban J connectivity index is 1.64. The van der Waals surface area contributed by atoms with Crippen molar-refractivity contribution in [3.05, 3.63) is 64.0 Å². The summed E-state index contributed by atoms with van der Waals surface area (Å²) in [7, 11) is 0. The SMILES string of the molecule is CC1=C(C#N)c2nc(N)c(C#N)c(C)c2C1=Cc1cn(CC(=O)N2CCOCC2)c2ccccc12. The smallest absolute Gasteiger partial charge is 0.242 e. The summed E-state index contributed by atoms with van der Waals surface area (Å²) in [5.74, 6) is 0.181. The molecule has 0 radical (unpaired) electrons. The predicted octanol–water partition coefficient (Wildman–Crippen LogP) is 3.51. The first-order valence-corrected chi connectivity index (χ1v) is 11.4. The molecule has 5 rings (SSSR count). The molecule has 1 aromatic carbocycles. The average Bonchev–Trinajstić information content (AvgIpc) is 3.34. The monoisotopic (exact) mass is 464 g/mol. The van der Waals surface area contributed by atoms with Gasteiger partial charge in [-0.2, -0.15) is 10.5 Å². The number of fused-ring (bicyclic) bond motifs is 2. The Morgan fingerprint density at radius 2 is 1.94 bits per heavy atom. The van der Waals surface area contributed by atoms with E-state index in [1.54, 1.807) is 0 Å². The minimum absolute atomic E-state index is 0.0523. The summed E-state index contributed by atoms with van der Waals surface area (Å²) in [6.45, 7) is 6.27. The van der Waals surface area contributed by atoms with Crippen LogP contribution in [-0.2, 0) is 16.1 Å². The van der Waals surface area contributed by atoms with Crippen molar-refractivity contribution >= 4 is 39.9 Å². The van der Waals surface area contributed by atoms with Crippen LogP contribution in [0.25, 0.3) is 28.1 Å². The molecule has 1 aliphatic carbocycles. The standard InChI is InChI=1S/C27H24N6O2/c1-16-20(25-17(2)22(13-29)27(30)31-26(25)21(16)12-28)11-18-14-33(23-6-4-3-5-19(18)23)15-24(34)32-7-9-35-10-8-32/h3-6,11,14H,7-10,15H2,1-2H3,(H2,30,31). The Morgan fingerprint density at radius 1 is 1.20 bits per heavy atom. The number of nitrogens with zero attached hydrogens (tertiary/aromatic N) is 5. The number of rotatable bonds is 3. The lowest BCUT2D eigenvalue weighted by atomic mass is 9.95. The van der Waals surface area contributed by atoms with Gasteiger partial charge in [0.05, 0.1) is 30.0 Å². The molecular weight excluding hydrogens is 440 g/mol. The summed E-state index contributed by atoms with van der Waals surface area (Å²) < 4.78 is 7.34. The number of carbonyl (C=O) groups excluding carboxylic acids is 1. The predicted molar refractivity (Wildman–Crippen MR) is 134 cm³/mol. The van der Waals surface area contributed by atoms with E-state index < -0.39 is 0 Å². The van der Waals surface area contributed by atoms with Crippen molar-refractivity contribution in [1.82, 2.24) is 14.5 Å². The highest BCUT2D eigenvalue weighted by Gasteiger charge is 2.30. The number of pyridine rings is 1. The fourth-order valence-electron chi connectivity index (χ4n) is 4.93. The van der Waals surface area contributed by atoms with E-state index >= 15 is 0 Å². The molecule has 2 aliphatic rings. The quantitative estimate of drug-likeness (QED) is 0.633. The lowest BCUT2D eigenvalue weighted by Gasteiger charge is -2.27. The number of nitrogens with two attached hydrogens (primary N) is 1. The van der Waals surface area contributed by atoms with Crippen LogP contribution in [0.15, 0.2) is 36.0 Å². The Morgan fingerprint density at radius 3 is 2.66 bits per heavy atom. The van der Waals surface area contributed by atoms with E-state index in [4.69, 9.17) is 10.5 Å². The van der Waals surface area contributed by atoms with Crippen LogP contribution in [0.4, 0.5) is 5.82 Å². The number of hydrogen-bond acceptors (Lipinski definition) is 6. The molecule has 0 atom stereocenters. The van der Waals surface area contributed by atoms with Gasteiger partial charge in [0.15, 0.2) is 0 Å². The summed E-state index contributed by atoms with van der Waals surface area (Å²) >= 11 is 0. The molecule has 8 nitrogen and oxygen atoms in total. The van der Waals surface area contributed by atoms with Gasteiger partial charge in [0, 0.05) is 41.3 Å². The molecule has 1 amide bonds. The normalized spacial score (nSPS) is 16.5. The fraction of sp³-hybridized carbons (Fsp3) is 0.259. The van der Waals surface area contributed by atoms with E-state index in [-0.39, 0.29) is 18.3 Å². The van der Waals surface area contributed by atoms with Crippen LogP contribution in [0, 0.1) is 29.6 Å². The molecule has 0 spiro atoms. The van der Waals surface area contributed by atoms with Crippen LogP contribution in [0.5, 0.6) is 0 Å². The lowest BCUT2D eigenvalue weighted by Crippen LogP contribution is -2.42. The number of nitrogen functional groups attached to an aromatic ring is 1. The minimum atomic E-state index is 0.0523. The maximum atomic E-state index is 12.9. The highest BCUT2D eigenvalue weighted by Crippen LogP contribution is 2.44. The van der Waals surface area contributed by atoms with Crippen LogP contribution >= 0.6 is 0 Å². The molecule has 0 bridgehead atoms. The highest BCUT2D eigenvalue weighted by atomic mass is 16.5. The third-order valence-corrected chi connectivity index (χ3v) is 6.77. The first-order valence-electron chi connectivity index (χ1n) is 11.4. The van der Waals surface area contributed by atoms with E-state index in [1.165, 1.54) is 0 Å². The fourth-order valence-corrected chi connectivity index (χ4v) is 4.93. The van der Waals surface area contributed by atoms with Gasteiger partial charge in [0.2, 0.25) is 5.91 Å². The van der Waals surface area contributed by atoms with Gasteiger partial charge in [-0.15, -0.1) is 0 Å². The summed E-state index contributed by atoms with van der Waals surface area (Å²) in [4.78, 5) is 19.2. The Kier molecular flexibility index (Phi) is 5.60. The third-order valence-electron chi connectivity index (χ3n) is 6.77. The number of allylic oxidation sites excluding steroid dienone is 3. The number of amides is 1. The molecule has 1 saturated heterocycles. The number of nitriles is 2. The molecular formula is C27H24N6O2. The van der Waals surface area contributed by atoms with Gasteiger partial charge in [-0.3, -0.25) is 4.79 Å². The molecule has 174 valence electrons. The number of benzene rings is 1. The van der Waals surface area contributed by atoms with Crippen molar-refractivity contribution in [2.24, 2.45) is 0 Å². The summed E-state index contributed by atoms with van der Waals surface area (Å²) in [6, 6.07) is 12.3. The molecule has 2 aromatic heterocycles. The topological polar surface area (TPSA) is 121 Å². The van der Waals surface area contributed by atoms with E-state index in [0.717, 1.165) is 33.2 Å². The Hall–Kier alpha value is -4.40. The van der Waals surface area contributed by atoms with Crippen molar-refractivity contribution in [2.75, 3.05) is 32.0 Å². The van der Waals surface area contributed by atoms with Crippen LogP contribution in [0.1, 0.15) is 34.9 Å². The largest absolute Gasteiger partial charge is 0.383 e.